The van der Waals surface area contributed by atoms with Crippen molar-refractivity contribution in [2.24, 2.45) is 17.8 Å². The second kappa shape index (κ2) is 6.32. The van der Waals surface area contributed by atoms with E-state index < -0.39 is 16.1 Å². The molecular formula is C19H26N2O4S. The molecular weight excluding hydrogens is 352 g/mol. The standard InChI is InChI=1S/C19H26N2O4S/c1-11-3-4-15(7-12(11)2)26(24,25)20-6-5-17(22)21-10-14-8-13-9-16(14)18(21)19(13)23/h3-4,7,13-14,16,18-20,23H,5-6,8-10H2,1-2H3/t13-,14-,16+,18+,19+/m0/s1. The van der Waals surface area contributed by atoms with E-state index in [4.69, 9.17) is 0 Å². The van der Waals surface area contributed by atoms with Crippen LogP contribution in [0.15, 0.2) is 23.1 Å². The Bertz CT molecular complexity index is 836. The molecule has 1 aliphatic heterocycles. The molecule has 1 amide bonds. The van der Waals surface area contributed by atoms with E-state index in [0.29, 0.717) is 24.3 Å². The van der Waals surface area contributed by atoms with Crippen LogP contribution < -0.4 is 4.72 Å². The molecule has 0 unspecified atom stereocenters. The van der Waals surface area contributed by atoms with Gasteiger partial charge < -0.3 is 10.0 Å². The average molecular weight is 378 g/mol. The van der Waals surface area contributed by atoms with Crippen molar-refractivity contribution >= 4 is 15.9 Å². The number of nitrogens with one attached hydrogen (secondary N) is 1. The fraction of sp³-hybridized carbons (Fsp3) is 0.632. The second-order valence-electron chi connectivity index (χ2n) is 8.08. The molecule has 1 heterocycles. The van der Waals surface area contributed by atoms with Crippen molar-refractivity contribution in [2.75, 3.05) is 13.1 Å². The van der Waals surface area contributed by atoms with Crippen LogP contribution >= 0.6 is 0 Å². The molecule has 7 heteroatoms. The third-order valence-corrected chi connectivity index (χ3v) is 8.05. The summed E-state index contributed by atoms with van der Waals surface area (Å²) in [5, 5.41) is 10.4. The molecule has 26 heavy (non-hydrogen) atoms. The lowest BCUT2D eigenvalue weighted by molar-refractivity contribution is -0.133. The Morgan fingerprint density at radius 2 is 2.00 bits per heavy atom. The third-order valence-electron chi connectivity index (χ3n) is 6.59. The number of nitrogens with zero attached hydrogens (tertiary/aromatic N) is 1. The van der Waals surface area contributed by atoms with E-state index in [0.717, 1.165) is 24.0 Å². The van der Waals surface area contributed by atoms with Gasteiger partial charge in [0.15, 0.2) is 0 Å². The van der Waals surface area contributed by atoms with E-state index in [1.165, 1.54) is 0 Å². The Balaban J connectivity index is 1.36. The number of sulfonamides is 1. The molecule has 2 aliphatic carbocycles. The van der Waals surface area contributed by atoms with Crippen molar-refractivity contribution < 1.29 is 18.3 Å². The highest BCUT2D eigenvalue weighted by molar-refractivity contribution is 7.89. The van der Waals surface area contributed by atoms with Crippen LogP contribution in [0.4, 0.5) is 0 Å². The number of carbonyl (C=O) groups is 1. The minimum absolute atomic E-state index is 0.0531. The summed E-state index contributed by atoms with van der Waals surface area (Å²) in [5.74, 6) is 1.23. The van der Waals surface area contributed by atoms with E-state index in [1.54, 1.807) is 23.1 Å². The van der Waals surface area contributed by atoms with Crippen molar-refractivity contribution in [1.82, 2.24) is 9.62 Å². The van der Waals surface area contributed by atoms with Gasteiger partial charge in [-0.2, -0.15) is 0 Å². The van der Waals surface area contributed by atoms with Gasteiger partial charge >= 0.3 is 0 Å². The quantitative estimate of drug-likeness (QED) is 0.806. The highest BCUT2D eigenvalue weighted by Crippen LogP contribution is 2.54. The molecule has 2 N–H and O–H groups in total. The third kappa shape index (κ3) is 2.86. The fourth-order valence-electron chi connectivity index (χ4n) is 5.10. The lowest BCUT2D eigenvalue weighted by Crippen LogP contribution is -2.44. The molecule has 142 valence electrons. The maximum atomic E-state index is 12.6. The molecule has 1 saturated heterocycles. The predicted molar refractivity (Wildman–Crippen MR) is 96.9 cm³/mol. The molecule has 0 radical (unpaired) electrons. The van der Waals surface area contributed by atoms with Gasteiger partial charge in [0.05, 0.1) is 17.0 Å². The summed E-state index contributed by atoms with van der Waals surface area (Å²) in [6.07, 6.45) is 1.76. The number of fused-ring (bicyclic) bond motifs is 1. The van der Waals surface area contributed by atoms with Crippen LogP contribution in [0.1, 0.15) is 30.4 Å². The van der Waals surface area contributed by atoms with Crippen LogP contribution in [0.5, 0.6) is 0 Å². The Labute approximate surface area is 154 Å². The Morgan fingerprint density at radius 3 is 2.69 bits per heavy atom. The number of hydrogen-bond donors (Lipinski definition) is 2. The lowest BCUT2D eigenvalue weighted by atomic mass is 9.88. The molecule has 0 spiro atoms. The van der Waals surface area contributed by atoms with Gasteiger partial charge in [-0.15, -0.1) is 0 Å². The van der Waals surface area contributed by atoms with Crippen LogP contribution in [0.2, 0.25) is 0 Å². The van der Waals surface area contributed by atoms with Gasteiger partial charge in [-0.25, -0.2) is 13.1 Å². The average Bonchev–Trinajstić information content (AvgIpc) is 3.19. The van der Waals surface area contributed by atoms with E-state index in [2.05, 4.69) is 4.72 Å². The monoisotopic (exact) mass is 378 g/mol. The van der Waals surface area contributed by atoms with Crippen LogP contribution in [0.3, 0.4) is 0 Å². The first-order valence-electron chi connectivity index (χ1n) is 9.32. The van der Waals surface area contributed by atoms with Crippen molar-refractivity contribution in [1.29, 1.82) is 0 Å². The van der Waals surface area contributed by atoms with E-state index in [-0.39, 0.29) is 29.8 Å². The van der Waals surface area contributed by atoms with Gasteiger partial charge in [0, 0.05) is 19.5 Å². The largest absolute Gasteiger partial charge is 0.391 e. The number of aryl methyl sites for hydroxylation is 2. The van der Waals surface area contributed by atoms with Crippen molar-refractivity contribution in [3.8, 4) is 0 Å². The fourth-order valence-corrected chi connectivity index (χ4v) is 6.22. The van der Waals surface area contributed by atoms with E-state index in [1.807, 2.05) is 13.8 Å². The zero-order valence-electron chi connectivity index (χ0n) is 15.2. The summed E-state index contributed by atoms with van der Waals surface area (Å²) in [6, 6.07) is 4.96. The number of hydrogen-bond acceptors (Lipinski definition) is 4. The van der Waals surface area contributed by atoms with Crippen molar-refractivity contribution in [2.45, 2.75) is 50.2 Å². The normalized spacial score (nSPS) is 32.4. The molecule has 3 fully saturated rings. The Morgan fingerprint density at radius 1 is 1.23 bits per heavy atom. The van der Waals surface area contributed by atoms with Crippen LogP contribution in [0, 0.1) is 31.6 Å². The maximum absolute atomic E-state index is 12.6. The van der Waals surface area contributed by atoms with Gasteiger partial charge in [0.25, 0.3) is 0 Å². The molecule has 1 aromatic rings. The maximum Gasteiger partial charge on any atom is 0.240 e. The molecule has 6 nitrogen and oxygen atoms in total. The highest BCUT2D eigenvalue weighted by atomic mass is 32.2. The molecule has 3 aliphatic rings. The summed E-state index contributed by atoms with van der Waals surface area (Å²) >= 11 is 0. The second-order valence-corrected chi connectivity index (χ2v) is 9.84. The Kier molecular flexibility index (Phi) is 4.36. The van der Waals surface area contributed by atoms with E-state index >= 15 is 0 Å². The predicted octanol–water partition coefficient (Wildman–Crippen LogP) is 1.20. The molecule has 2 saturated carbocycles. The Hall–Kier alpha value is -1.44. The number of carbonyl (C=O) groups excluding carboxylic acids is 1. The van der Waals surface area contributed by atoms with Gasteiger partial charge in [-0.1, -0.05) is 6.07 Å². The van der Waals surface area contributed by atoms with E-state index in [9.17, 15) is 18.3 Å². The SMILES string of the molecule is Cc1ccc(S(=O)(=O)NCCC(=O)N2C[C@@H]3C[C@H]4C[C@H]3[C@@H]2[C@@H]4O)cc1C. The zero-order chi connectivity index (χ0) is 18.6. The summed E-state index contributed by atoms with van der Waals surface area (Å²) in [4.78, 5) is 14.6. The molecule has 2 bridgehead atoms. The van der Waals surface area contributed by atoms with Crippen LogP contribution in [0.25, 0.3) is 0 Å². The molecule has 5 atom stereocenters. The summed E-state index contributed by atoms with van der Waals surface area (Å²) in [7, 11) is -3.62. The summed E-state index contributed by atoms with van der Waals surface area (Å²) in [6.45, 7) is 4.60. The van der Waals surface area contributed by atoms with Crippen molar-refractivity contribution in [3.05, 3.63) is 29.3 Å². The minimum atomic E-state index is -3.62. The number of aliphatic hydroxyl groups is 1. The van der Waals surface area contributed by atoms with Gasteiger partial charge in [-0.3, -0.25) is 4.79 Å². The van der Waals surface area contributed by atoms with Crippen LogP contribution in [-0.4, -0.2) is 49.6 Å². The first-order valence-corrected chi connectivity index (χ1v) is 10.8. The number of aliphatic hydroxyl groups excluding tert-OH is 1. The first kappa shape index (κ1) is 17.9. The van der Waals surface area contributed by atoms with Gasteiger partial charge in [0.1, 0.15) is 0 Å². The molecule has 0 aromatic heterocycles. The minimum Gasteiger partial charge on any atom is -0.391 e. The van der Waals surface area contributed by atoms with Crippen LogP contribution in [-0.2, 0) is 14.8 Å². The summed E-state index contributed by atoms with van der Waals surface area (Å²) in [5.41, 5.74) is 1.96. The number of amides is 1. The molecule has 4 rings (SSSR count). The smallest absolute Gasteiger partial charge is 0.240 e. The topological polar surface area (TPSA) is 86.7 Å². The number of likely N-dealkylation sites (tertiary alicyclic amines) is 1. The first-order chi connectivity index (χ1) is 12.3. The van der Waals surface area contributed by atoms with Gasteiger partial charge in [-0.05, 0) is 67.7 Å². The highest BCUT2D eigenvalue weighted by Gasteiger charge is 2.59. The number of benzene rings is 1. The number of rotatable bonds is 5. The van der Waals surface area contributed by atoms with Crippen molar-refractivity contribution in [3.63, 3.8) is 0 Å². The molecule has 1 aromatic carbocycles. The summed E-state index contributed by atoms with van der Waals surface area (Å²) < 4.78 is 27.4. The lowest BCUT2D eigenvalue weighted by Gasteiger charge is -2.29. The van der Waals surface area contributed by atoms with Gasteiger partial charge in [0.2, 0.25) is 15.9 Å². The zero-order valence-corrected chi connectivity index (χ0v) is 16.0.